The lowest BCUT2D eigenvalue weighted by atomic mass is 9.71. The molecule has 0 radical (unpaired) electrons. The van der Waals surface area contributed by atoms with Crippen molar-refractivity contribution in [3.8, 4) is 0 Å². The van der Waals surface area contributed by atoms with Gasteiger partial charge in [0.1, 0.15) is 4.90 Å². The lowest BCUT2D eigenvalue weighted by molar-refractivity contribution is 0.166. The summed E-state index contributed by atoms with van der Waals surface area (Å²) in [5, 5.41) is 0.490. The van der Waals surface area contributed by atoms with Gasteiger partial charge in [0.2, 0.25) is 10.0 Å². The second-order valence-electron chi connectivity index (χ2n) is 7.23. The molecule has 3 nitrogen and oxygen atoms in total. The van der Waals surface area contributed by atoms with Crippen LogP contribution in [0.2, 0.25) is 15.1 Å². The molecule has 1 fully saturated rings. The monoisotopic (exact) mass is 397 g/mol. The lowest BCUT2D eigenvalue weighted by Gasteiger charge is -2.37. The van der Waals surface area contributed by atoms with Crippen molar-refractivity contribution in [2.45, 2.75) is 57.4 Å². The van der Waals surface area contributed by atoms with E-state index in [2.05, 4.69) is 25.5 Å². The minimum atomic E-state index is -3.71. The second-order valence-corrected chi connectivity index (χ2v) is 10.1. The van der Waals surface area contributed by atoms with E-state index in [9.17, 15) is 8.42 Å². The molecule has 130 valence electrons. The molecule has 0 bridgehead atoms. The van der Waals surface area contributed by atoms with Gasteiger partial charge >= 0.3 is 0 Å². The molecule has 0 aromatic heterocycles. The van der Waals surface area contributed by atoms with Gasteiger partial charge in [0.15, 0.2) is 0 Å². The highest BCUT2D eigenvalue weighted by Gasteiger charge is 2.32. The van der Waals surface area contributed by atoms with E-state index in [1.165, 1.54) is 12.1 Å². The third-order valence-electron chi connectivity index (χ3n) is 4.54. The van der Waals surface area contributed by atoms with E-state index in [-0.39, 0.29) is 31.4 Å². The van der Waals surface area contributed by atoms with E-state index in [0.29, 0.717) is 5.92 Å². The summed E-state index contributed by atoms with van der Waals surface area (Å²) < 4.78 is 27.9. The van der Waals surface area contributed by atoms with E-state index < -0.39 is 10.0 Å². The number of hydrogen-bond donors (Lipinski definition) is 1. The van der Waals surface area contributed by atoms with Crippen molar-refractivity contribution in [3.63, 3.8) is 0 Å². The van der Waals surface area contributed by atoms with Crippen molar-refractivity contribution in [1.82, 2.24) is 4.72 Å². The highest BCUT2D eigenvalue weighted by molar-refractivity contribution is 7.89. The molecule has 23 heavy (non-hydrogen) atoms. The predicted octanol–water partition coefficient (Wildman–Crippen LogP) is 5.53. The molecule has 2 rings (SSSR count). The fourth-order valence-electron chi connectivity index (χ4n) is 3.07. The average Bonchev–Trinajstić information content (AvgIpc) is 2.41. The van der Waals surface area contributed by atoms with E-state index >= 15 is 0 Å². The van der Waals surface area contributed by atoms with Gasteiger partial charge in [0.25, 0.3) is 0 Å². The summed E-state index contributed by atoms with van der Waals surface area (Å²) >= 11 is 17.8. The zero-order valence-electron chi connectivity index (χ0n) is 13.5. The molecular weight excluding hydrogens is 377 g/mol. The van der Waals surface area contributed by atoms with Crippen molar-refractivity contribution in [1.29, 1.82) is 0 Å². The van der Waals surface area contributed by atoms with Crippen molar-refractivity contribution >= 4 is 44.8 Å². The van der Waals surface area contributed by atoms with Gasteiger partial charge in [0, 0.05) is 6.04 Å². The summed E-state index contributed by atoms with van der Waals surface area (Å²) in [4.78, 5) is -0.0217. The minimum absolute atomic E-state index is 0.0217. The second kappa shape index (κ2) is 7.09. The first kappa shape index (κ1) is 19.3. The van der Waals surface area contributed by atoms with E-state index in [4.69, 9.17) is 34.8 Å². The maximum Gasteiger partial charge on any atom is 0.242 e. The molecule has 1 aliphatic rings. The van der Waals surface area contributed by atoms with Gasteiger partial charge in [-0.15, -0.1) is 0 Å². The van der Waals surface area contributed by atoms with Gasteiger partial charge in [-0.05, 0) is 49.1 Å². The molecule has 0 heterocycles. The summed E-state index contributed by atoms with van der Waals surface area (Å²) in [5.74, 6) is 0.622. The first-order chi connectivity index (χ1) is 10.5. The van der Waals surface area contributed by atoms with Crippen LogP contribution in [0.25, 0.3) is 0 Å². The smallest absolute Gasteiger partial charge is 0.208 e. The van der Waals surface area contributed by atoms with Gasteiger partial charge in [-0.2, -0.15) is 0 Å². The van der Waals surface area contributed by atoms with Crippen LogP contribution in [0.4, 0.5) is 0 Å². The molecule has 1 N–H and O–H groups in total. The average molecular weight is 399 g/mol. The van der Waals surface area contributed by atoms with Crippen LogP contribution in [0.5, 0.6) is 0 Å². The van der Waals surface area contributed by atoms with Crippen molar-refractivity contribution < 1.29 is 8.42 Å². The Balaban J connectivity index is 2.10. The molecule has 7 heteroatoms. The summed E-state index contributed by atoms with van der Waals surface area (Å²) in [6, 6.07) is 2.59. The number of sulfonamides is 1. The largest absolute Gasteiger partial charge is 0.242 e. The van der Waals surface area contributed by atoms with E-state index in [1.54, 1.807) is 0 Å². The third kappa shape index (κ3) is 4.76. The van der Waals surface area contributed by atoms with Gasteiger partial charge in [-0.25, -0.2) is 13.1 Å². The lowest BCUT2D eigenvalue weighted by Crippen LogP contribution is -2.39. The standard InChI is InChI=1S/C16H22Cl3NO2S/c1-16(2,3)10-4-6-11(7-5-10)20-23(21,22)15-9-13(18)12(17)8-14(15)19/h8-11,20H,4-7H2,1-3H3. The molecule has 1 aromatic carbocycles. The quantitative estimate of drug-likeness (QED) is 0.680. The number of hydrogen-bond acceptors (Lipinski definition) is 2. The highest BCUT2D eigenvalue weighted by atomic mass is 35.5. The molecule has 0 unspecified atom stereocenters. The Hall–Kier alpha value is -0.000000000000000111. The minimum Gasteiger partial charge on any atom is -0.208 e. The Morgan fingerprint density at radius 2 is 1.48 bits per heavy atom. The van der Waals surface area contributed by atoms with Gasteiger partial charge < -0.3 is 0 Å². The topological polar surface area (TPSA) is 46.2 Å². The third-order valence-corrected chi connectivity index (χ3v) is 7.25. The number of rotatable bonds is 3. The van der Waals surface area contributed by atoms with E-state index in [1.807, 2.05) is 0 Å². The molecule has 1 saturated carbocycles. The van der Waals surface area contributed by atoms with E-state index in [0.717, 1.165) is 25.7 Å². The summed E-state index contributed by atoms with van der Waals surface area (Å²) in [5.41, 5.74) is 0.261. The number of benzene rings is 1. The Labute approximate surface area is 153 Å². The molecule has 1 aliphatic carbocycles. The van der Waals surface area contributed by atoms with Crippen LogP contribution >= 0.6 is 34.8 Å². The maximum atomic E-state index is 12.6. The molecule has 1 aromatic rings. The number of nitrogens with one attached hydrogen (secondary N) is 1. The van der Waals surface area contributed by atoms with Gasteiger partial charge in [0.05, 0.1) is 15.1 Å². The van der Waals surface area contributed by atoms with Crippen molar-refractivity contribution in [2.75, 3.05) is 0 Å². The summed E-state index contributed by atoms with van der Waals surface area (Å²) in [6.07, 6.45) is 3.71. The zero-order chi connectivity index (χ0) is 17.4. The molecule has 0 atom stereocenters. The molecule has 0 spiro atoms. The molecule has 0 saturated heterocycles. The highest BCUT2D eigenvalue weighted by Crippen LogP contribution is 2.38. The summed E-state index contributed by atoms with van der Waals surface area (Å²) in [7, 11) is -3.71. The Morgan fingerprint density at radius 3 is 2.00 bits per heavy atom. The van der Waals surface area contributed by atoms with Gasteiger partial charge in [-0.3, -0.25) is 0 Å². The number of halogens is 3. The fraction of sp³-hybridized carbons (Fsp3) is 0.625. The predicted molar refractivity (Wildman–Crippen MR) is 97.0 cm³/mol. The first-order valence-corrected chi connectivity index (χ1v) is 10.3. The normalized spacial score (nSPS) is 23.0. The Morgan fingerprint density at radius 1 is 0.957 bits per heavy atom. The Bertz CT molecular complexity index is 675. The fourth-order valence-corrected chi connectivity index (χ4v) is 5.38. The van der Waals surface area contributed by atoms with Crippen LogP contribution in [0.15, 0.2) is 17.0 Å². The van der Waals surface area contributed by atoms with Crippen LogP contribution < -0.4 is 4.72 Å². The maximum absolute atomic E-state index is 12.6. The molecule has 0 aliphatic heterocycles. The van der Waals surface area contributed by atoms with Crippen LogP contribution in [0, 0.1) is 11.3 Å². The zero-order valence-corrected chi connectivity index (χ0v) is 16.6. The van der Waals surface area contributed by atoms with Crippen molar-refractivity contribution in [2.24, 2.45) is 11.3 Å². The van der Waals surface area contributed by atoms with Crippen LogP contribution in [-0.2, 0) is 10.0 Å². The first-order valence-electron chi connectivity index (χ1n) is 7.67. The Kier molecular flexibility index (Phi) is 5.95. The van der Waals surface area contributed by atoms with Crippen LogP contribution in [0.3, 0.4) is 0 Å². The van der Waals surface area contributed by atoms with Crippen LogP contribution in [0.1, 0.15) is 46.5 Å². The van der Waals surface area contributed by atoms with Crippen molar-refractivity contribution in [3.05, 3.63) is 27.2 Å². The molecular formula is C16H22Cl3NO2S. The van der Waals surface area contributed by atoms with Crippen LogP contribution in [-0.4, -0.2) is 14.5 Å². The summed E-state index contributed by atoms with van der Waals surface area (Å²) in [6.45, 7) is 6.70. The SMILES string of the molecule is CC(C)(C)C1CCC(NS(=O)(=O)c2cc(Cl)c(Cl)cc2Cl)CC1. The molecule has 0 amide bonds. The van der Waals surface area contributed by atoms with Gasteiger partial charge in [-0.1, -0.05) is 55.6 Å².